The van der Waals surface area contributed by atoms with E-state index in [4.69, 9.17) is 11.6 Å². The molecule has 1 aromatic carbocycles. The van der Waals surface area contributed by atoms with Gasteiger partial charge in [0.25, 0.3) is 5.91 Å². The van der Waals surface area contributed by atoms with Crippen LogP contribution in [0.25, 0.3) is 0 Å². The molecule has 1 saturated heterocycles. The number of aliphatic hydroxyl groups is 1. The highest BCUT2D eigenvalue weighted by atomic mass is 35.5. The van der Waals surface area contributed by atoms with Crippen LogP contribution < -0.4 is 0 Å². The maximum atomic E-state index is 13.8. The van der Waals surface area contributed by atoms with Gasteiger partial charge in [0.1, 0.15) is 5.82 Å². The van der Waals surface area contributed by atoms with Gasteiger partial charge in [0.05, 0.1) is 0 Å². The number of amides is 1. The van der Waals surface area contributed by atoms with Gasteiger partial charge in [-0.25, -0.2) is 4.39 Å². The lowest BCUT2D eigenvalue weighted by Crippen LogP contribution is -2.50. The zero-order valence-electron chi connectivity index (χ0n) is 11.6. The summed E-state index contributed by atoms with van der Waals surface area (Å²) in [4.78, 5) is 16.3. The van der Waals surface area contributed by atoms with E-state index in [0.717, 1.165) is 19.2 Å². The average Bonchev–Trinajstić information content (AvgIpc) is 3.31. The Bertz CT molecular complexity index is 542. The summed E-state index contributed by atoms with van der Waals surface area (Å²) in [6, 6.07) is 4.63. The Labute approximate surface area is 128 Å². The van der Waals surface area contributed by atoms with Gasteiger partial charge in [0, 0.05) is 42.8 Å². The minimum Gasteiger partial charge on any atom is -0.378 e. The minimum atomic E-state index is -1.46. The molecule has 114 valence electrons. The Morgan fingerprint density at radius 2 is 1.95 bits per heavy atom. The number of benzene rings is 1. The van der Waals surface area contributed by atoms with Crippen molar-refractivity contribution in [1.29, 1.82) is 0 Å². The molecule has 0 unspecified atom stereocenters. The molecule has 2 fully saturated rings. The van der Waals surface area contributed by atoms with Crippen molar-refractivity contribution < 1.29 is 14.3 Å². The van der Waals surface area contributed by atoms with Gasteiger partial charge in [-0.2, -0.15) is 0 Å². The average molecular weight is 313 g/mol. The van der Waals surface area contributed by atoms with Crippen LogP contribution >= 0.6 is 11.6 Å². The highest BCUT2D eigenvalue weighted by molar-refractivity contribution is 6.30. The van der Waals surface area contributed by atoms with Crippen LogP contribution in [0.4, 0.5) is 4.39 Å². The van der Waals surface area contributed by atoms with Crippen molar-refractivity contribution >= 4 is 17.5 Å². The van der Waals surface area contributed by atoms with Gasteiger partial charge < -0.3 is 10.0 Å². The molecule has 6 heteroatoms. The van der Waals surface area contributed by atoms with Gasteiger partial charge in [0.15, 0.2) is 6.10 Å². The summed E-state index contributed by atoms with van der Waals surface area (Å²) in [7, 11) is 0. The first kappa shape index (κ1) is 14.8. The van der Waals surface area contributed by atoms with Crippen LogP contribution in [0, 0.1) is 5.82 Å². The molecule has 1 aromatic rings. The molecule has 21 heavy (non-hydrogen) atoms. The second-order valence-corrected chi connectivity index (χ2v) is 6.10. The van der Waals surface area contributed by atoms with Crippen LogP contribution in [-0.4, -0.2) is 53.0 Å². The fourth-order valence-electron chi connectivity index (χ4n) is 2.78. The Hall–Kier alpha value is -1.17. The van der Waals surface area contributed by atoms with E-state index in [2.05, 4.69) is 4.90 Å². The molecule has 1 heterocycles. The van der Waals surface area contributed by atoms with E-state index >= 15 is 0 Å². The Kier molecular flexibility index (Phi) is 4.15. The minimum absolute atomic E-state index is 0.0194. The first-order valence-corrected chi connectivity index (χ1v) is 7.60. The van der Waals surface area contributed by atoms with E-state index in [-0.39, 0.29) is 10.6 Å². The number of carbonyl (C=O) groups is 1. The van der Waals surface area contributed by atoms with Crippen molar-refractivity contribution in [2.75, 3.05) is 26.2 Å². The zero-order valence-corrected chi connectivity index (χ0v) is 12.4. The number of rotatable bonds is 3. The van der Waals surface area contributed by atoms with Gasteiger partial charge in [-0.15, -0.1) is 0 Å². The molecule has 4 nitrogen and oxygen atoms in total. The van der Waals surface area contributed by atoms with E-state index < -0.39 is 17.8 Å². The van der Waals surface area contributed by atoms with Crippen LogP contribution in [0.5, 0.6) is 0 Å². The van der Waals surface area contributed by atoms with Gasteiger partial charge in [-0.05, 0) is 25.0 Å². The molecule has 3 rings (SSSR count). The molecule has 2 aliphatic rings. The topological polar surface area (TPSA) is 43.8 Å². The van der Waals surface area contributed by atoms with Crippen LogP contribution in [0.3, 0.4) is 0 Å². The molecular weight excluding hydrogens is 295 g/mol. The third-order valence-corrected chi connectivity index (χ3v) is 4.42. The number of aliphatic hydroxyl groups excluding tert-OH is 1. The molecule has 1 N–H and O–H groups in total. The number of halogens is 2. The number of carbonyl (C=O) groups excluding carboxylic acids is 1. The standard InChI is InChI=1S/C15H18ClFN2O2/c16-10-1-4-12(13(17)9-10)14(20)15(21)19-7-5-18(6-8-19)11-2-3-11/h1,4,9,11,14,20H,2-3,5-8H2/t14-/m1/s1. The van der Waals surface area contributed by atoms with Crippen molar-refractivity contribution in [3.8, 4) is 0 Å². The van der Waals surface area contributed by atoms with E-state index in [1.807, 2.05) is 0 Å². The largest absolute Gasteiger partial charge is 0.378 e. The van der Waals surface area contributed by atoms with Crippen LogP contribution in [-0.2, 0) is 4.79 Å². The van der Waals surface area contributed by atoms with Crippen molar-refractivity contribution in [1.82, 2.24) is 9.80 Å². The van der Waals surface area contributed by atoms with Crippen molar-refractivity contribution in [2.45, 2.75) is 25.0 Å². The third-order valence-electron chi connectivity index (χ3n) is 4.18. The fourth-order valence-corrected chi connectivity index (χ4v) is 2.94. The maximum Gasteiger partial charge on any atom is 0.256 e. The predicted molar refractivity (Wildman–Crippen MR) is 77.5 cm³/mol. The number of nitrogens with zero attached hydrogens (tertiary/aromatic N) is 2. The summed E-state index contributed by atoms with van der Waals surface area (Å²) < 4.78 is 13.8. The smallest absolute Gasteiger partial charge is 0.256 e. The monoisotopic (exact) mass is 312 g/mol. The van der Waals surface area contributed by atoms with E-state index in [0.29, 0.717) is 19.1 Å². The summed E-state index contributed by atoms with van der Waals surface area (Å²) in [6.07, 6.45) is 1.02. The Morgan fingerprint density at radius 3 is 2.52 bits per heavy atom. The highest BCUT2D eigenvalue weighted by Crippen LogP contribution is 2.28. The van der Waals surface area contributed by atoms with Crippen LogP contribution in [0.15, 0.2) is 18.2 Å². The molecule has 0 bridgehead atoms. The fraction of sp³-hybridized carbons (Fsp3) is 0.533. The summed E-state index contributed by atoms with van der Waals surface area (Å²) >= 11 is 5.68. The van der Waals surface area contributed by atoms with Gasteiger partial charge in [-0.1, -0.05) is 17.7 Å². The second kappa shape index (κ2) is 5.91. The van der Waals surface area contributed by atoms with Gasteiger partial charge >= 0.3 is 0 Å². The van der Waals surface area contributed by atoms with Crippen molar-refractivity contribution in [3.63, 3.8) is 0 Å². The summed E-state index contributed by atoms with van der Waals surface area (Å²) in [6.45, 7) is 2.82. The molecule has 1 aliphatic carbocycles. The van der Waals surface area contributed by atoms with Crippen LogP contribution in [0.2, 0.25) is 5.02 Å². The molecule has 1 aliphatic heterocycles. The molecule has 1 amide bonds. The van der Waals surface area contributed by atoms with E-state index in [1.165, 1.54) is 25.0 Å². The summed E-state index contributed by atoms with van der Waals surface area (Å²) in [5.41, 5.74) is -0.0194. The summed E-state index contributed by atoms with van der Waals surface area (Å²) in [5, 5.41) is 10.4. The van der Waals surface area contributed by atoms with Crippen molar-refractivity contribution in [2.24, 2.45) is 0 Å². The zero-order chi connectivity index (χ0) is 15.0. The lowest BCUT2D eigenvalue weighted by Gasteiger charge is -2.35. The molecule has 0 aromatic heterocycles. The van der Waals surface area contributed by atoms with Crippen LogP contribution in [0.1, 0.15) is 24.5 Å². The predicted octanol–water partition coefficient (Wildman–Crippen LogP) is 1.82. The molecule has 1 atom stereocenters. The number of hydrogen-bond acceptors (Lipinski definition) is 3. The second-order valence-electron chi connectivity index (χ2n) is 5.66. The first-order chi connectivity index (χ1) is 10.1. The maximum absolute atomic E-state index is 13.8. The quantitative estimate of drug-likeness (QED) is 0.926. The highest BCUT2D eigenvalue weighted by Gasteiger charge is 2.34. The first-order valence-electron chi connectivity index (χ1n) is 7.22. The Balaban J connectivity index is 1.64. The van der Waals surface area contributed by atoms with E-state index in [9.17, 15) is 14.3 Å². The lowest BCUT2D eigenvalue weighted by molar-refractivity contribution is -0.142. The molecule has 0 radical (unpaired) electrons. The number of piperazine rings is 1. The molecular formula is C15H18ClFN2O2. The Morgan fingerprint density at radius 1 is 1.29 bits per heavy atom. The van der Waals surface area contributed by atoms with Crippen molar-refractivity contribution in [3.05, 3.63) is 34.6 Å². The SMILES string of the molecule is O=C([C@H](O)c1ccc(Cl)cc1F)N1CCN(C2CC2)CC1. The molecule has 1 saturated carbocycles. The van der Waals surface area contributed by atoms with E-state index in [1.54, 1.807) is 4.90 Å². The lowest BCUT2D eigenvalue weighted by atomic mass is 10.1. The summed E-state index contributed by atoms with van der Waals surface area (Å²) in [5.74, 6) is -1.09. The molecule has 0 spiro atoms. The number of hydrogen-bond donors (Lipinski definition) is 1. The normalized spacial score (nSPS) is 21.4. The van der Waals surface area contributed by atoms with Gasteiger partial charge in [-0.3, -0.25) is 9.69 Å². The van der Waals surface area contributed by atoms with Gasteiger partial charge in [0.2, 0.25) is 0 Å². The third kappa shape index (κ3) is 3.20.